The second-order valence-corrected chi connectivity index (χ2v) is 4.00. The van der Waals surface area contributed by atoms with Crippen molar-refractivity contribution in [2.24, 2.45) is 0 Å². The SMILES string of the molecule is CC(c1c(F)ccc(C=O)c1Cl)N(C)C. The molecule has 0 radical (unpaired) electrons. The number of hydrogen-bond donors (Lipinski definition) is 0. The van der Waals surface area contributed by atoms with E-state index in [1.54, 1.807) is 0 Å². The first-order chi connectivity index (χ1) is 6.99. The predicted molar refractivity (Wildman–Crippen MR) is 58.9 cm³/mol. The number of carbonyl (C=O) groups is 1. The molecule has 0 fully saturated rings. The average Bonchev–Trinajstić information content (AvgIpc) is 2.17. The highest BCUT2D eigenvalue weighted by Crippen LogP contribution is 2.30. The Bertz CT molecular complexity index is 379. The van der Waals surface area contributed by atoms with E-state index in [1.807, 2.05) is 25.9 Å². The lowest BCUT2D eigenvalue weighted by Gasteiger charge is -2.22. The quantitative estimate of drug-likeness (QED) is 0.743. The smallest absolute Gasteiger partial charge is 0.151 e. The van der Waals surface area contributed by atoms with E-state index >= 15 is 0 Å². The second kappa shape index (κ2) is 4.73. The molecule has 1 unspecified atom stereocenters. The molecule has 0 saturated heterocycles. The molecule has 0 aromatic heterocycles. The minimum atomic E-state index is -0.383. The Labute approximate surface area is 93.6 Å². The number of nitrogens with zero attached hydrogens (tertiary/aromatic N) is 1. The molecule has 4 heteroatoms. The lowest BCUT2D eigenvalue weighted by molar-refractivity contribution is 0.112. The molecule has 0 bridgehead atoms. The maximum Gasteiger partial charge on any atom is 0.151 e. The van der Waals surface area contributed by atoms with E-state index in [2.05, 4.69) is 0 Å². The van der Waals surface area contributed by atoms with Crippen molar-refractivity contribution < 1.29 is 9.18 Å². The third-order valence-electron chi connectivity index (χ3n) is 2.48. The van der Waals surface area contributed by atoms with Crippen molar-refractivity contribution >= 4 is 17.9 Å². The van der Waals surface area contributed by atoms with Crippen molar-refractivity contribution in [3.05, 3.63) is 34.1 Å². The normalized spacial score (nSPS) is 12.9. The van der Waals surface area contributed by atoms with Gasteiger partial charge in [0.2, 0.25) is 0 Å². The van der Waals surface area contributed by atoms with Gasteiger partial charge in [-0.05, 0) is 33.2 Å². The van der Waals surface area contributed by atoms with Crippen LogP contribution in [0.4, 0.5) is 4.39 Å². The average molecular weight is 230 g/mol. The zero-order valence-electron chi connectivity index (χ0n) is 8.92. The van der Waals surface area contributed by atoms with Crippen LogP contribution in [0, 0.1) is 5.82 Å². The summed E-state index contributed by atoms with van der Waals surface area (Å²) in [7, 11) is 3.65. The summed E-state index contributed by atoms with van der Waals surface area (Å²) in [6.07, 6.45) is 0.633. The molecule has 0 aliphatic rings. The fourth-order valence-electron chi connectivity index (χ4n) is 1.32. The van der Waals surface area contributed by atoms with E-state index in [0.29, 0.717) is 17.4 Å². The molecule has 0 saturated carbocycles. The van der Waals surface area contributed by atoms with Crippen LogP contribution in [0.15, 0.2) is 12.1 Å². The van der Waals surface area contributed by atoms with Crippen molar-refractivity contribution in [1.29, 1.82) is 0 Å². The molecule has 0 aliphatic carbocycles. The van der Waals surface area contributed by atoms with Gasteiger partial charge in [0.1, 0.15) is 5.82 Å². The van der Waals surface area contributed by atoms with Gasteiger partial charge in [-0.2, -0.15) is 0 Å². The predicted octanol–water partition coefficient (Wildman–Crippen LogP) is 2.91. The van der Waals surface area contributed by atoms with Crippen LogP contribution in [0.5, 0.6) is 0 Å². The molecule has 1 aromatic rings. The van der Waals surface area contributed by atoms with Gasteiger partial charge in [0.25, 0.3) is 0 Å². The summed E-state index contributed by atoms with van der Waals surface area (Å²) >= 11 is 5.96. The number of aldehydes is 1. The van der Waals surface area contributed by atoms with Crippen LogP contribution < -0.4 is 0 Å². The molecule has 0 N–H and O–H groups in total. The third-order valence-corrected chi connectivity index (χ3v) is 2.90. The summed E-state index contributed by atoms with van der Waals surface area (Å²) < 4.78 is 13.6. The molecule has 0 heterocycles. The number of halogens is 2. The summed E-state index contributed by atoms with van der Waals surface area (Å²) in [5.74, 6) is -0.383. The van der Waals surface area contributed by atoms with E-state index in [0.717, 1.165) is 0 Å². The van der Waals surface area contributed by atoms with E-state index in [1.165, 1.54) is 12.1 Å². The molecule has 0 amide bonds. The molecule has 1 atom stereocenters. The summed E-state index contributed by atoms with van der Waals surface area (Å²) in [5, 5.41) is 0.200. The molecule has 1 aromatic carbocycles. The molecule has 1 rings (SSSR count). The lowest BCUT2D eigenvalue weighted by Crippen LogP contribution is -2.18. The van der Waals surface area contributed by atoms with Gasteiger partial charge >= 0.3 is 0 Å². The van der Waals surface area contributed by atoms with Crippen LogP contribution in [0.1, 0.15) is 28.9 Å². The van der Waals surface area contributed by atoms with E-state index in [-0.39, 0.29) is 16.9 Å². The van der Waals surface area contributed by atoms with E-state index < -0.39 is 0 Å². The largest absolute Gasteiger partial charge is 0.303 e. The van der Waals surface area contributed by atoms with Crippen LogP contribution in [0.25, 0.3) is 0 Å². The Kier molecular flexibility index (Phi) is 3.83. The van der Waals surface area contributed by atoms with Crippen molar-refractivity contribution in [1.82, 2.24) is 4.90 Å². The van der Waals surface area contributed by atoms with Crippen molar-refractivity contribution in [2.75, 3.05) is 14.1 Å². The number of benzene rings is 1. The Balaban J connectivity index is 3.32. The van der Waals surface area contributed by atoms with Crippen molar-refractivity contribution in [3.63, 3.8) is 0 Å². The Morgan fingerprint density at radius 2 is 2.07 bits per heavy atom. The molecular weight excluding hydrogens is 217 g/mol. The summed E-state index contributed by atoms with van der Waals surface area (Å²) in [6.45, 7) is 1.83. The van der Waals surface area contributed by atoms with Gasteiger partial charge in [-0.1, -0.05) is 11.6 Å². The maximum atomic E-state index is 13.6. The fraction of sp³-hybridized carbons (Fsp3) is 0.364. The van der Waals surface area contributed by atoms with E-state index in [9.17, 15) is 9.18 Å². The highest BCUT2D eigenvalue weighted by Gasteiger charge is 2.18. The minimum Gasteiger partial charge on any atom is -0.303 e. The standard InChI is InChI=1S/C11H13ClFNO/c1-7(14(2)3)10-9(13)5-4-8(6-15)11(10)12/h4-7H,1-3H3. The topological polar surface area (TPSA) is 20.3 Å². The van der Waals surface area contributed by atoms with Gasteiger partial charge in [0.05, 0.1) is 5.02 Å². The van der Waals surface area contributed by atoms with Gasteiger partial charge in [-0.15, -0.1) is 0 Å². The molecule has 0 spiro atoms. The molecule has 82 valence electrons. The Morgan fingerprint density at radius 3 is 2.53 bits per heavy atom. The van der Waals surface area contributed by atoms with Crippen LogP contribution >= 0.6 is 11.6 Å². The first kappa shape index (κ1) is 12.1. The van der Waals surface area contributed by atoms with Crippen molar-refractivity contribution in [3.8, 4) is 0 Å². The first-order valence-electron chi connectivity index (χ1n) is 4.58. The van der Waals surface area contributed by atoms with Gasteiger partial charge < -0.3 is 4.90 Å². The zero-order valence-corrected chi connectivity index (χ0v) is 9.68. The highest BCUT2D eigenvalue weighted by molar-refractivity contribution is 6.33. The molecule has 0 aliphatic heterocycles. The van der Waals surface area contributed by atoms with Crippen LogP contribution in [-0.2, 0) is 0 Å². The summed E-state index contributed by atoms with van der Waals surface area (Å²) in [4.78, 5) is 12.5. The monoisotopic (exact) mass is 229 g/mol. The minimum absolute atomic E-state index is 0.169. The van der Waals surface area contributed by atoms with Crippen LogP contribution in [-0.4, -0.2) is 25.3 Å². The van der Waals surface area contributed by atoms with Gasteiger partial charge in [0, 0.05) is 17.2 Å². The number of carbonyl (C=O) groups excluding carboxylic acids is 1. The summed E-state index contributed by atoms with van der Waals surface area (Å²) in [6, 6.07) is 2.49. The fourth-order valence-corrected chi connectivity index (χ4v) is 1.67. The highest BCUT2D eigenvalue weighted by atomic mass is 35.5. The van der Waals surface area contributed by atoms with Gasteiger partial charge in [0.15, 0.2) is 6.29 Å². The second-order valence-electron chi connectivity index (χ2n) is 3.62. The Hall–Kier alpha value is -0.930. The van der Waals surface area contributed by atoms with Gasteiger partial charge in [-0.3, -0.25) is 4.79 Å². The number of hydrogen-bond acceptors (Lipinski definition) is 2. The maximum absolute atomic E-state index is 13.6. The number of rotatable bonds is 3. The van der Waals surface area contributed by atoms with Crippen molar-refractivity contribution in [2.45, 2.75) is 13.0 Å². The van der Waals surface area contributed by atoms with Gasteiger partial charge in [-0.25, -0.2) is 4.39 Å². The first-order valence-corrected chi connectivity index (χ1v) is 4.96. The van der Waals surface area contributed by atoms with Crippen LogP contribution in [0.3, 0.4) is 0 Å². The zero-order chi connectivity index (χ0) is 11.6. The van der Waals surface area contributed by atoms with Crippen LogP contribution in [0.2, 0.25) is 5.02 Å². The molecular formula is C11H13ClFNO. The van der Waals surface area contributed by atoms with E-state index in [4.69, 9.17) is 11.6 Å². The molecule has 2 nitrogen and oxygen atoms in total. The third kappa shape index (κ3) is 2.36. The Morgan fingerprint density at radius 1 is 1.47 bits per heavy atom. The molecule has 15 heavy (non-hydrogen) atoms. The lowest BCUT2D eigenvalue weighted by atomic mass is 10.0. The summed E-state index contributed by atoms with van der Waals surface area (Å²) in [5.41, 5.74) is 0.688.